The van der Waals surface area contributed by atoms with Crippen LogP contribution in [0.25, 0.3) is 0 Å². The van der Waals surface area contributed by atoms with Crippen LogP contribution < -0.4 is 0 Å². The van der Waals surface area contributed by atoms with Gasteiger partial charge in [-0.25, -0.2) is 0 Å². The summed E-state index contributed by atoms with van der Waals surface area (Å²) in [6, 6.07) is 0. The van der Waals surface area contributed by atoms with E-state index in [0.29, 0.717) is 0 Å². The molecule has 4 fully saturated rings. The number of hydrogen-bond acceptors (Lipinski definition) is 2. The van der Waals surface area contributed by atoms with Gasteiger partial charge in [-0.05, 0) is 63.2 Å². The van der Waals surface area contributed by atoms with Gasteiger partial charge in [0.2, 0.25) is 0 Å². The van der Waals surface area contributed by atoms with Crippen LogP contribution in [0.5, 0.6) is 0 Å². The molecule has 0 aromatic rings. The summed E-state index contributed by atoms with van der Waals surface area (Å²) in [5.41, 5.74) is 0. The van der Waals surface area contributed by atoms with Gasteiger partial charge in [0.25, 0.3) is 0 Å². The standard InChI is InChI=1S/2C8H16OP.2BrH.Co/c2*9-10-5-1-3-8(7-10)4-2-6-10;;;/h2*8-9H,1-7H2;2*1H;/q2*+1;;;+2/p-2. The van der Waals surface area contributed by atoms with Crippen molar-refractivity contribution in [3.8, 4) is 0 Å². The van der Waals surface area contributed by atoms with E-state index in [1.54, 1.807) is 0 Å². The topological polar surface area (TPSA) is 40.5 Å². The van der Waals surface area contributed by atoms with Gasteiger partial charge in [0, 0.05) is 0 Å². The van der Waals surface area contributed by atoms with E-state index < -0.39 is 15.0 Å². The van der Waals surface area contributed by atoms with Crippen molar-refractivity contribution >= 4 is 43.3 Å². The molecule has 0 atom stereocenters. The summed E-state index contributed by atoms with van der Waals surface area (Å²) in [7, 11) is -2.63. The number of fused-ring (bicyclic) bond motifs is 4. The van der Waals surface area contributed by atoms with Crippen molar-refractivity contribution in [2.24, 2.45) is 11.8 Å². The van der Waals surface area contributed by atoms with E-state index in [4.69, 9.17) is 0 Å². The molecule has 0 aromatic heterocycles. The third-order valence-electron chi connectivity index (χ3n) is 5.94. The molecule has 0 spiro atoms. The minimum absolute atomic E-state index is 0.917. The molecule has 23 heavy (non-hydrogen) atoms. The van der Waals surface area contributed by atoms with E-state index in [2.05, 4.69) is 28.3 Å². The van der Waals surface area contributed by atoms with Crippen molar-refractivity contribution in [3.63, 3.8) is 0 Å². The second kappa shape index (κ2) is 10.5. The Morgan fingerprint density at radius 1 is 0.652 bits per heavy atom. The second-order valence-electron chi connectivity index (χ2n) is 7.80. The van der Waals surface area contributed by atoms with Gasteiger partial charge in [-0.3, -0.25) is 9.79 Å². The Morgan fingerprint density at radius 2 is 0.913 bits per heavy atom. The summed E-state index contributed by atoms with van der Waals surface area (Å²) in [5, 5.41) is 0. The zero-order chi connectivity index (χ0) is 16.8. The Labute approximate surface area is 163 Å². The SMILES string of the molecule is O[P+]12CCCC(CCC1)C2.O[P+]12CCCC(CCC1)C2.[Br][Co][Br]. The van der Waals surface area contributed by atoms with Crippen LogP contribution in [0.2, 0.25) is 0 Å². The molecule has 4 aliphatic rings. The van der Waals surface area contributed by atoms with Crippen molar-refractivity contribution in [1.82, 2.24) is 0 Å². The molecule has 0 amide bonds. The van der Waals surface area contributed by atoms with Crippen LogP contribution in [0.1, 0.15) is 51.4 Å². The molecule has 0 aliphatic carbocycles. The minimum atomic E-state index is -1.31. The summed E-state index contributed by atoms with van der Waals surface area (Å²) in [5.74, 6) is 1.83. The van der Waals surface area contributed by atoms with Gasteiger partial charge >= 0.3 is 39.5 Å². The molecular formula is C16H32Br2CoO2P2+2. The summed E-state index contributed by atoms with van der Waals surface area (Å²) in [4.78, 5) is 20.0. The molecule has 7 heteroatoms. The fraction of sp³-hybridized carbons (Fsp3) is 1.00. The molecule has 0 unspecified atom stereocenters. The molecule has 4 bridgehead atoms. The van der Waals surface area contributed by atoms with Crippen molar-refractivity contribution < 1.29 is 20.9 Å². The molecule has 0 radical (unpaired) electrons. The third kappa shape index (κ3) is 7.41. The zero-order valence-corrected chi connectivity index (χ0v) is 19.9. The molecule has 4 aliphatic heterocycles. The van der Waals surface area contributed by atoms with Crippen molar-refractivity contribution in [3.05, 3.63) is 0 Å². The first kappa shape index (κ1) is 21.5. The van der Waals surface area contributed by atoms with E-state index in [-0.39, 0.29) is 0 Å². The predicted octanol–water partition coefficient (Wildman–Crippen LogP) is 5.92. The molecular weight excluding hydrogens is 505 g/mol. The van der Waals surface area contributed by atoms with Crippen LogP contribution in [0.4, 0.5) is 0 Å². The maximum atomic E-state index is 10.0. The van der Waals surface area contributed by atoms with Crippen LogP contribution in [0.15, 0.2) is 0 Å². The van der Waals surface area contributed by atoms with E-state index in [9.17, 15) is 9.79 Å². The van der Waals surface area contributed by atoms with Crippen molar-refractivity contribution in [2.45, 2.75) is 51.4 Å². The fourth-order valence-electron chi connectivity index (χ4n) is 4.90. The van der Waals surface area contributed by atoms with Crippen LogP contribution in [-0.4, -0.2) is 46.8 Å². The Bertz CT molecular complexity index is 311. The van der Waals surface area contributed by atoms with Crippen LogP contribution >= 0.6 is 43.3 Å². The van der Waals surface area contributed by atoms with Gasteiger partial charge in [0.05, 0.1) is 37.0 Å². The van der Waals surface area contributed by atoms with Gasteiger partial charge in [0.15, 0.2) is 0 Å². The summed E-state index contributed by atoms with van der Waals surface area (Å²) in [6.45, 7) is 0. The molecule has 4 heterocycles. The maximum absolute atomic E-state index is 10.0. The van der Waals surface area contributed by atoms with Crippen LogP contribution in [0.3, 0.4) is 0 Å². The molecule has 0 aromatic carbocycles. The van der Waals surface area contributed by atoms with Gasteiger partial charge in [-0.1, -0.05) is 0 Å². The van der Waals surface area contributed by atoms with Gasteiger partial charge in [0.1, 0.15) is 15.0 Å². The fourth-order valence-corrected chi connectivity index (χ4v) is 11.8. The number of rotatable bonds is 0. The third-order valence-corrected chi connectivity index (χ3v) is 12.9. The molecule has 139 valence electrons. The van der Waals surface area contributed by atoms with E-state index in [1.165, 1.54) is 88.3 Å². The summed E-state index contributed by atoms with van der Waals surface area (Å²) < 4.78 is 0. The Balaban J connectivity index is 0.000000143. The molecule has 2 nitrogen and oxygen atoms in total. The first-order valence-electron chi connectivity index (χ1n) is 9.00. The Morgan fingerprint density at radius 3 is 1.09 bits per heavy atom. The molecule has 4 rings (SSSR count). The zero-order valence-electron chi connectivity index (χ0n) is 13.9. The van der Waals surface area contributed by atoms with Gasteiger partial charge < -0.3 is 0 Å². The van der Waals surface area contributed by atoms with Crippen LogP contribution in [0, 0.1) is 11.8 Å². The summed E-state index contributed by atoms with van der Waals surface area (Å²) in [6.07, 6.45) is 18.0. The Kier molecular flexibility index (Phi) is 9.88. The Hall–Kier alpha value is 2.25. The summed E-state index contributed by atoms with van der Waals surface area (Å²) >= 11 is 7.12. The van der Waals surface area contributed by atoms with Crippen LogP contribution in [-0.2, 0) is 11.1 Å². The quantitative estimate of drug-likeness (QED) is 0.377. The van der Waals surface area contributed by atoms with Gasteiger partial charge in [-0.2, -0.15) is 0 Å². The van der Waals surface area contributed by atoms with E-state index in [1.807, 2.05) is 0 Å². The van der Waals surface area contributed by atoms with E-state index >= 15 is 0 Å². The second-order valence-corrected chi connectivity index (χ2v) is 20.0. The number of halogens is 2. The first-order chi connectivity index (χ1) is 11.0. The average molecular weight is 537 g/mol. The molecule has 0 saturated carbocycles. The monoisotopic (exact) mass is 535 g/mol. The van der Waals surface area contributed by atoms with E-state index in [0.717, 1.165) is 23.0 Å². The number of hydrogen-bond donors (Lipinski definition) is 2. The normalized spacial score (nSPS) is 41.9. The van der Waals surface area contributed by atoms with Crippen molar-refractivity contribution in [2.75, 3.05) is 37.0 Å². The van der Waals surface area contributed by atoms with Crippen molar-refractivity contribution in [1.29, 1.82) is 0 Å². The van der Waals surface area contributed by atoms with Gasteiger partial charge in [-0.15, -0.1) is 0 Å². The predicted molar refractivity (Wildman–Crippen MR) is 109 cm³/mol. The average Bonchev–Trinajstić information content (AvgIpc) is 2.47. The first-order valence-corrected chi connectivity index (χ1v) is 18.7. The molecule has 4 saturated heterocycles. The molecule has 2 N–H and O–H groups in total.